The summed E-state index contributed by atoms with van der Waals surface area (Å²) in [5.41, 5.74) is 6.56. The van der Waals surface area contributed by atoms with E-state index in [0.717, 1.165) is 38.2 Å². The maximum Gasteiger partial charge on any atom is 0.231 e. The van der Waals surface area contributed by atoms with Gasteiger partial charge in [0.1, 0.15) is 0 Å². The van der Waals surface area contributed by atoms with E-state index >= 15 is 0 Å². The Bertz CT molecular complexity index is 405. The molecule has 1 atom stereocenters. The molecule has 4 heteroatoms. The van der Waals surface area contributed by atoms with Crippen LogP contribution in [0.1, 0.15) is 12.8 Å². The lowest BCUT2D eigenvalue weighted by Gasteiger charge is -2.33. The third-order valence-electron chi connectivity index (χ3n) is 3.77. The van der Waals surface area contributed by atoms with E-state index in [9.17, 15) is 4.79 Å². The maximum absolute atomic E-state index is 12.5. The molecule has 1 unspecified atom stereocenters. The standard InChI is InChI=1S/C15H23N3O/c1-17(14-7-3-2-4-8-14)15(19)13-6-5-10-18(12-13)11-9-16/h2-4,7-8,13H,5-6,9-12,16H2,1H3. The second-order valence-corrected chi connectivity index (χ2v) is 5.16. The van der Waals surface area contributed by atoms with Crippen molar-refractivity contribution in [2.24, 2.45) is 11.7 Å². The van der Waals surface area contributed by atoms with Crippen molar-refractivity contribution in [1.29, 1.82) is 0 Å². The lowest BCUT2D eigenvalue weighted by molar-refractivity contribution is -0.123. The van der Waals surface area contributed by atoms with Crippen molar-refractivity contribution < 1.29 is 4.79 Å². The monoisotopic (exact) mass is 261 g/mol. The predicted octanol–water partition coefficient (Wildman–Crippen LogP) is 1.32. The molecule has 104 valence electrons. The summed E-state index contributed by atoms with van der Waals surface area (Å²) >= 11 is 0. The zero-order chi connectivity index (χ0) is 13.7. The third-order valence-corrected chi connectivity index (χ3v) is 3.77. The summed E-state index contributed by atoms with van der Waals surface area (Å²) in [5.74, 6) is 0.318. The second kappa shape index (κ2) is 6.68. The van der Waals surface area contributed by atoms with Crippen LogP contribution in [0.3, 0.4) is 0 Å². The van der Waals surface area contributed by atoms with Crippen LogP contribution in [0.2, 0.25) is 0 Å². The highest BCUT2D eigenvalue weighted by Gasteiger charge is 2.27. The van der Waals surface area contributed by atoms with Gasteiger partial charge in [0, 0.05) is 32.4 Å². The van der Waals surface area contributed by atoms with Crippen molar-refractivity contribution in [3.8, 4) is 0 Å². The molecule has 0 aromatic heterocycles. The molecule has 1 aromatic rings. The molecule has 0 aliphatic carbocycles. The third kappa shape index (κ3) is 3.55. The first-order valence-corrected chi connectivity index (χ1v) is 6.97. The fourth-order valence-electron chi connectivity index (χ4n) is 2.70. The van der Waals surface area contributed by atoms with E-state index in [2.05, 4.69) is 4.90 Å². The van der Waals surface area contributed by atoms with Crippen molar-refractivity contribution >= 4 is 11.6 Å². The van der Waals surface area contributed by atoms with Crippen molar-refractivity contribution in [2.45, 2.75) is 12.8 Å². The number of benzene rings is 1. The molecule has 1 aromatic carbocycles. The number of likely N-dealkylation sites (tertiary alicyclic amines) is 1. The van der Waals surface area contributed by atoms with Gasteiger partial charge in [-0.05, 0) is 31.5 Å². The molecule has 1 aliphatic heterocycles. The van der Waals surface area contributed by atoms with Crippen LogP contribution in [-0.4, -0.2) is 44.0 Å². The average molecular weight is 261 g/mol. The van der Waals surface area contributed by atoms with Crippen LogP contribution < -0.4 is 10.6 Å². The van der Waals surface area contributed by atoms with E-state index in [-0.39, 0.29) is 11.8 Å². The van der Waals surface area contributed by atoms with Crippen molar-refractivity contribution in [1.82, 2.24) is 4.90 Å². The van der Waals surface area contributed by atoms with Crippen LogP contribution in [0.15, 0.2) is 30.3 Å². The SMILES string of the molecule is CN(C(=O)C1CCCN(CCN)C1)c1ccccc1. The van der Waals surface area contributed by atoms with E-state index in [4.69, 9.17) is 5.73 Å². The highest BCUT2D eigenvalue weighted by molar-refractivity contribution is 5.94. The molecular formula is C15H23N3O. The molecule has 1 amide bonds. The Kier molecular flexibility index (Phi) is 4.93. The number of anilines is 1. The van der Waals surface area contributed by atoms with Crippen LogP contribution in [0.5, 0.6) is 0 Å². The molecule has 0 spiro atoms. The number of para-hydroxylation sites is 1. The van der Waals surface area contributed by atoms with Crippen molar-refractivity contribution in [2.75, 3.05) is 38.1 Å². The maximum atomic E-state index is 12.5. The summed E-state index contributed by atoms with van der Waals surface area (Å²) in [6.45, 7) is 3.46. The Hall–Kier alpha value is -1.39. The topological polar surface area (TPSA) is 49.6 Å². The van der Waals surface area contributed by atoms with Gasteiger partial charge in [-0.15, -0.1) is 0 Å². The smallest absolute Gasteiger partial charge is 0.231 e. The first kappa shape index (κ1) is 14.0. The van der Waals surface area contributed by atoms with Gasteiger partial charge in [-0.25, -0.2) is 0 Å². The number of amides is 1. The molecule has 1 heterocycles. The zero-order valence-electron chi connectivity index (χ0n) is 11.6. The Morgan fingerprint density at radius 3 is 2.84 bits per heavy atom. The molecular weight excluding hydrogens is 238 g/mol. The Morgan fingerprint density at radius 2 is 2.16 bits per heavy atom. The number of hydrogen-bond donors (Lipinski definition) is 1. The molecule has 0 radical (unpaired) electrons. The first-order chi connectivity index (χ1) is 9.22. The minimum Gasteiger partial charge on any atom is -0.329 e. The fourth-order valence-corrected chi connectivity index (χ4v) is 2.70. The van der Waals surface area contributed by atoms with Gasteiger partial charge >= 0.3 is 0 Å². The van der Waals surface area contributed by atoms with Gasteiger partial charge in [-0.3, -0.25) is 4.79 Å². The number of carbonyl (C=O) groups is 1. The van der Waals surface area contributed by atoms with Crippen molar-refractivity contribution in [3.63, 3.8) is 0 Å². The predicted molar refractivity (Wildman–Crippen MR) is 78.1 cm³/mol. The van der Waals surface area contributed by atoms with Gasteiger partial charge in [-0.2, -0.15) is 0 Å². The fraction of sp³-hybridized carbons (Fsp3) is 0.533. The first-order valence-electron chi connectivity index (χ1n) is 6.97. The van der Waals surface area contributed by atoms with E-state index in [1.54, 1.807) is 4.90 Å². The molecule has 4 nitrogen and oxygen atoms in total. The number of piperidine rings is 1. The summed E-state index contributed by atoms with van der Waals surface area (Å²) in [7, 11) is 1.86. The molecule has 1 aliphatic rings. The molecule has 0 saturated carbocycles. The molecule has 1 fully saturated rings. The number of carbonyl (C=O) groups excluding carboxylic acids is 1. The lowest BCUT2D eigenvalue weighted by atomic mass is 9.96. The largest absolute Gasteiger partial charge is 0.329 e. The normalized spacial score (nSPS) is 20.2. The number of hydrogen-bond acceptors (Lipinski definition) is 3. The Morgan fingerprint density at radius 1 is 1.42 bits per heavy atom. The van der Waals surface area contributed by atoms with Gasteiger partial charge in [0.15, 0.2) is 0 Å². The number of rotatable bonds is 4. The van der Waals surface area contributed by atoms with Crippen LogP contribution in [0.25, 0.3) is 0 Å². The number of nitrogens with two attached hydrogens (primary N) is 1. The van der Waals surface area contributed by atoms with E-state index < -0.39 is 0 Å². The Labute approximate surface area is 115 Å². The minimum absolute atomic E-state index is 0.102. The minimum atomic E-state index is 0.102. The van der Waals surface area contributed by atoms with Crippen LogP contribution in [0, 0.1) is 5.92 Å². The van der Waals surface area contributed by atoms with Crippen molar-refractivity contribution in [3.05, 3.63) is 30.3 Å². The van der Waals surface area contributed by atoms with Gasteiger partial charge in [-0.1, -0.05) is 18.2 Å². The van der Waals surface area contributed by atoms with E-state index in [0.29, 0.717) is 6.54 Å². The molecule has 0 bridgehead atoms. The summed E-state index contributed by atoms with van der Waals surface area (Å²) in [6.07, 6.45) is 2.07. The van der Waals surface area contributed by atoms with Crippen LogP contribution in [0.4, 0.5) is 5.69 Å². The van der Waals surface area contributed by atoms with Crippen LogP contribution >= 0.6 is 0 Å². The van der Waals surface area contributed by atoms with Gasteiger partial charge in [0.2, 0.25) is 5.91 Å². The van der Waals surface area contributed by atoms with Crippen LogP contribution in [-0.2, 0) is 4.79 Å². The summed E-state index contributed by atoms with van der Waals surface area (Å²) in [4.78, 5) is 16.6. The van der Waals surface area contributed by atoms with E-state index in [1.165, 1.54) is 0 Å². The van der Waals surface area contributed by atoms with E-state index in [1.807, 2.05) is 37.4 Å². The average Bonchev–Trinajstić information content (AvgIpc) is 2.47. The Balaban J connectivity index is 1.99. The lowest BCUT2D eigenvalue weighted by Crippen LogP contribution is -2.45. The summed E-state index contributed by atoms with van der Waals surface area (Å²) < 4.78 is 0. The highest BCUT2D eigenvalue weighted by atomic mass is 16.2. The zero-order valence-corrected chi connectivity index (χ0v) is 11.6. The molecule has 1 saturated heterocycles. The quantitative estimate of drug-likeness (QED) is 0.889. The van der Waals surface area contributed by atoms with Gasteiger partial charge in [0.05, 0.1) is 5.92 Å². The second-order valence-electron chi connectivity index (χ2n) is 5.16. The molecule has 19 heavy (non-hydrogen) atoms. The molecule has 2 rings (SSSR count). The summed E-state index contributed by atoms with van der Waals surface area (Å²) in [5, 5.41) is 0. The van der Waals surface area contributed by atoms with Gasteiger partial charge < -0.3 is 15.5 Å². The number of nitrogens with zero attached hydrogens (tertiary/aromatic N) is 2. The van der Waals surface area contributed by atoms with Gasteiger partial charge in [0.25, 0.3) is 0 Å². The highest BCUT2D eigenvalue weighted by Crippen LogP contribution is 2.21. The molecule has 2 N–H and O–H groups in total. The summed E-state index contributed by atoms with van der Waals surface area (Å²) in [6, 6.07) is 9.82.